The Bertz CT molecular complexity index is 2270. The van der Waals surface area contributed by atoms with Gasteiger partial charge in [0.2, 0.25) is 11.9 Å². The molecule has 58 heavy (non-hydrogen) atoms. The van der Waals surface area contributed by atoms with Crippen LogP contribution in [0.3, 0.4) is 0 Å². The zero-order valence-electron chi connectivity index (χ0n) is 30.7. The van der Waals surface area contributed by atoms with E-state index in [0.29, 0.717) is 49.2 Å². The van der Waals surface area contributed by atoms with E-state index in [9.17, 15) is 0 Å². The van der Waals surface area contributed by atoms with E-state index in [-0.39, 0.29) is 35.9 Å². The largest absolute Gasteiger partial charge is 0.424 e. The smallest absolute Gasteiger partial charge is 0.330 e. The molecule has 8 aromatic rings. The Morgan fingerprint density at radius 1 is 0.328 bits per heavy atom. The van der Waals surface area contributed by atoms with Crippen LogP contribution < -0.4 is 28.7 Å². The zero-order valence-corrected chi connectivity index (χ0v) is 30.7. The lowest BCUT2D eigenvalue weighted by Crippen LogP contribution is -2.26. The monoisotopic (exact) mass is 768 g/mol. The van der Waals surface area contributed by atoms with Crippen LogP contribution in [0.2, 0.25) is 0 Å². The summed E-state index contributed by atoms with van der Waals surface area (Å²) in [5.74, 6) is 2.03. The Kier molecular flexibility index (Phi) is 10.2. The first-order chi connectivity index (χ1) is 28.6. The maximum Gasteiger partial charge on any atom is 0.330 e. The summed E-state index contributed by atoms with van der Waals surface area (Å²) in [6.07, 6.45) is 6.95. The Morgan fingerprint density at radius 3 is 0.879 bits per heavy atom. The number of pyridine rings is 4. The average molecular weight is 769 g/mol. The van der Waals surface area contributed by atoms with Crippen LogP contribution in [-0.4, -0.2) is 49.8 Å². The van der Waals surface area contributed by atoms with Gasteiger partial charge in [0.05, 0.1) is 49.0 Å². The summed E-state index contributed by atoms with van der Waals surface area (Å²) in [5, 5.41) is 0. The molecule has 0 spiro atoms. The standard InChI is InChI=1S/C42H32N12O4/c1-5-19-43-29(11-1)25-53(26-30-12-2-6-20-44-30)37-47-39-51-40(48-37)56-34-16-10-18-36(24-34)58-42-50-38(49-41(52-42)57-35-17-9-15-33(23-35)55-39)54(27-31-13-3-7-21-45-31)28-32-14-4-8-22-46-32/h1-24H,25-28H2. The number of fused-ring (bicyclic) bond motifs is 8. The van der Waals surface area contributed by atoms with Crippen molar-refractivity contribution in [3.8, 4) is 47.0 Å². The van der Waals surface area contributed by atoms with E-state index < -0.39 is 0 Å². The molecule has 7 heterocycles. The van der Waals surface area contributed by atoms with Gasteiger partial charge in [-0.25, -0.2) is 0 Å². The molecule has 1 aliphatic rings. The van der Waals surface area contributed by atoms with E-state index in [4.69, 9.17) is 38.9 Å². The topological polar surface area (TPSA) is 172 Å². The number of aromatic nitrogens is 10. The maximum absolute atomic E-state index is 6.28. The minimum atomic E-state index is -0.0203. The van der Waals surface area contributed by atoms with Crippen molar-refractivity contribution in [1.29, 1.82) is 0 Å². The van der Waals surface area contributed by atoms with Crippen molar-refractivity contribution in [3.63, 3.8) is 0 Å². The van der Waals surface area contributed by atoms with Crippen molar-refractivity contribution < 1.29 is 18.9 Å². The molecule has 1 aliphatic heterocycles. The molecule has 8 bridgehead atoms. The molecule has 0 saturated carbocycles. The van der Waals surface area contributed by atoms with Crippen molar-refractivity contribution in [1.82, 2.24) is 49.8 Å². The van der Waals surface area contributed by atoms with Crippen molar-refractivity contribution in [3.05, 3.63) is 169 Å². The molecule has 0 amide bonds. The molecule has 0 N–H and O–H groups in total. The number of ether oxygens (including phenoxy) is 4. The zero-order chi connectivity index (χ0) is 38.9. The highest BCUT2D eigenvalue weighted by atomic mass is 16.5. The number of hydrogen-bond acceptors (Lipinski definition) is 16. The molecule has 0 atom stereocenters. The highest BCUT2D eigenvalue weighted by Gasteiger charge is 2.22. The quantitative estimate of drug-likeness (QED) is 0.133. The number of benzene rings is 2. The first-order valence-corrected chi connectivity index (χ1v) is 18.2. The molecule has 0 radical (unpaired) electrons. The van der Waals surface area contributed by atoms with E-state index in [2.05, 4.69) is 29.9 Å². The summed E-state index contributed by atoms with van der Waals surface area (Å²) in [4.78, 5) is 50.0. The summed E-state index contributed by atoms with van der Waals surface area (Å²) in [6.45, 7) is 1.45. The van der Waals surface area contributed by atoms with Gasteiger partial charge in [0, 0.05) is 36.9 Å². The first kappa shape index (κ1) is 35.6. The third-order valence-corrected chi connectivity index (χ3v) is 8.49. The van der Waals surface area contributed by atoms with Gasteiger partial charge in [-0.05, 0) is 72.8 Å². The van der Waals surface area contributed by atoms with Crippen molar-refractivity contribution in [2.45, 2.75) is 26.2 Å². The van der Waals surface area contributed by atoms with E-state index in [0.717, 1.165) is 22.8 Å². The Balaban J connectivity index is 1.10. The molecule has 6 aromatic heterocycles. The fraction of sp³-hybridized carbons (Fsp3) is 0.0952. The van der Waals surface area contributed by atoms with Gasteiger partial charge in [0.15, 0.2) is 0 Å². The Hall–Kier alpha value is -8.14. The van der Waals surface area contributed by atoms with Crippen LogP contribution in [0.5, 0.6) is 47.0 Å². The summed E-state index contributed by atoms with van der Waals surface area (Å²) >= 11 is 0. The van der Waals surface area contributed by atoms with Gasteiger partial charge in [-0.3, -0.25) is 19.9 Å². The Morgan fingerprint density at radius 2 is 0.621 bits per heavy atom. The lowest BCUT2D eigenvalue weighted by atomic mass is 10.3. The van der Waals surface area contributed by atoms with Gasteiger partial charge >= 0.3 is 24.0 Å². The number of rotatable bonds is 10. The third-order valence-electron chi connectivity index (χ3n) is 8.49. The number of nitrogens with zero attached hydrogens (tertiary/aromatic N) is 12. The third kappa shape index (κ3) is 9.03. The SMILES string of the molecule is c1ccc(CN(Cc2ccccn2)c2nc3nc(n2)Oc2cccc(c2)Oc2nc(nc(N(Cc4ccccn4)Cc4ccccn4)n2)Oc2cccc(c2)O3)nc1. The normalized spacial score (nSPS) is 11.6. The van der Waals surface area contributed by atoms with Crippen molar-refractivity contribution >= 4 is 11.9 Å². The highest BCUT2D eigenvalue weighted by molar-refractivity contribution is 5.42. The van der Waals surface area contributed by atoms with Gasteiger partial charge < -0.3 is 28.7 Å². The second kappa shape index (κ2) is 16.7. The molecule has 0 fully saturated rings. The minimum absolute atomic E-state index is 0.0203. The molecule has 9 rings (SSSR count). The molecule has 16 heteroatoms. The van der Waals surface area contributed by atoms with Gasteiger partial charge in [-0.2, -0.15) is 19.9 Å². The van der Waals surface area contributed by atoms with Crippen LogP contribution in [0.15, 0.2) is 146 Å². The molecule has 0 saturated heterocycles. The number of hydrogen-bond donors (Lipinski definition) is 0. The fourth-order valence-electron chi connectivity index (χ4n) is 5.89. The van der Waals surface area contributed by atoms with E-state index in [1.54, 1.807) is 73.3 Å². The molecule has 0 unspecified atom stereocenters. The Labute approximate surface area is 331 Å². The molecule has 2 aromatic carbocycles. The lowest BCUT2D eigenvalue weighted by molar-refractivity contribution is 0.379. The predicted octanol–water partition coefficient (Wildman–Crippen LogP) is 7.53. The first-order valence-electron chi connectivity index (χ1n) is 18.2. The minimum Gasteiger partial charge on any atom is -0.424 e. The predicted molar refractivity (Wildman–Crippen MR) is 210 cm³/mol. The number of anilines is 2. The summed E-state index contributed by atoms with van der Waals surface area (Å²) in [6, 6.07) is 36.6. The van der Waals surface area contributed by atoms with Crippen molar-refractivity contribution in [2.24, 2.45) is 0 Å². The molecular formula is C42H32N12O4. The van der Waals surface area contributed by atoms with E-state index >= 15 is 0 Å². The van der Waals surface area contributed by atoms with Gasteiger partial charge in [0.1, 0.15) is 23.0 Å². The van der Waals surface area contributed by atoms with Gasteiger partial charge in [-0.15, -0.1) is 9.97 Å². The fourth-order valence-corrected chi connectivity index (χ4v) is 5.89. The van der Waals surface area contributed by atoms with Crippen LogP contribution in [0.1, 0.15) is 22.8 Å². The average Bonchev–Trinajstić information content (AvgIpc) is 3.24. The van der Waals surface area contributed by atoms with Crippen molar-refractivity contribution in [2.75, 3.05) is 9.80 Å². The van der Waals surface area contributed by atoms with Crippen LogP contribution in [0.25, 0.3) is 0 Å². The van der Waals surface area contributed by atoms with Crippen LogP contribution in [0, 0.1) is 0 Å². The van der Waals surface area contributed by atoms with Gasteiger partial charge in [-0.1, -0.05) is 36.4 Å². The second-order valence-electron chi connectivity index (χ2n) is 12.8. The summed E-state index contributed by atoms with van der Waals surface area (Å²) in [5.41, 5.74) is 3.19. The maximum atomic E-state index is 6.28. The van der Waals surface area contributed by atoms with Gasteiger partial charge in [0.25, 0.3) is 0 Å². The molecule has 16 nitrogen and oxygen atoms in total. The van der Waals surface area contributed by atoms with E-state index in [1.165, 1.54) is 0 Å². The second-order valence-corrected chi connectivity index (χ2v) is 12.8. The van der Waals surface area contributed by atoms with Crippen LogP contribution in [0.4, 0.5) is 11.9 Å². The lowest BCUT2D eigenvalue weighted by Gasteiger charge is -2.23. The molecular weight excluding hydrogens is 737 g/mol. The van der Waals surface area contributed by atoms with Crippen LogP contribution in [-0.2, 0) is 26.2 Å². The summed E-state index contributed by atoms with van der Waals surface area (Å²) < 4.78 is 25.1. The van der Waals surface area contributed by atoms with Crippen LogP contribution >= 0.6 is 0 Å². The molecule has 0 aliphatic carbocycles. The molecule has 284 valence electrons. The summed E-state index contributed by atoms with van der Waals surface area (Å²) in [7, 11) is 0. The van der Waals surface area contributed by atoms with E-state index in [1.807, 2.05) is 82.6 Å². The highest BCUT2D eigenvalue weighted by Crippen LogP contribution is 2.33.